The number of rotatable bonds is 5. The van der Waals surface area contributed by atoms with Crippen molar-refractivity contribution in [1.29, 1.82) is 0 Å². The minimum absolute atomic E-state index is 0.0217. The van der Waals surface area contributed by atoms with Gasteiger partial charge in [-0.05, 0) is 37.1 Å². The maximum Gasteiger partial charge on any atom is 0.261 e. The van der Waals surface area contributed by atoms with Gasteiger partial charge in [-0.1, -0.05) is 29.8 Å². The molecule has 0 bridgehead atoms. The Morgan fingerprint density at radius 1 is 1.32 bits per heavy atom. The lowest BCUT2D eigenvalue weighted by Crippen LogP contribution is -2.43. The number of aryl methyl sites for hydroxylation is 2. The number of halogens is 1. The van der Waals surface area contributed by atoms with E-state index in [0.717, 1.165) is 34.1 Å². The molecule has 1 aliphatic heterocycles. The van der Waals surface area contributed by atoms with Crippen molar-refractivity contribution in [2.24, 2.45) is 0 Å². The number of hydrogen-bond acceptors (Lipinski definition) is 4. The van der Waals surface area contributed by atoms with Crippen LogP contribution in [0, 0.1) is 13.8 Å². The predicted octanol–water partition coefficient (Wildman–Crippen LogP) is 3.82. The van der Waals surface area contributed by atoms with E-state index in [1.165, 1.54) is 16.2 Å². The number of nitrogens with one attached hydrogen (secondary N) is 1. The minimum Gasteiger partial charge on any atom is -0.379 e. The van der Waals surface area contributed by atoms with E-state index in [2.05, 4.69) is 10.2 Å². The van der Waals surface area contributed by atoms with E-state index in [1.54, 1.807) is 0 Å². The summed E-state index contributed by atoms with van der Waals surface area (Å²) in [5, 5.41) is 3.83. The van der Waals surface area contributed by atoms with Gasteiger partial charge in [0.1, 0.15) is 0 Å². The van der Waals surface area contributed by atoms with Crippen molar-refractivity contribution in [3.05, 3.63) is 56.2 Å². The molecule has 1 unspecified atom stereocenters. The molecular weight excluding hydrogens is 356 g/mol. The zero-order valence-electron chi connectivity index (χ0n) is 14.5. The summed E-state index contributed by atoms with van der Waals surface area (Å²) >= 11 is 7.96. The van der Waals surface area contributed by atoms with Crippen LogP contribution >= 0.6 is 22.9 Å². The lowest BCUT2D eigenvalue weighted by molar-refractivity contribution is 0.0162. The number of amides is 1. The zero-order chi connectivity index (χ0) is 17.8. The van der Waals surface area contributed by atoms with Crippen molar-refractivity contribution in [1.82, 2.24) is 10.2 Å². The molecular formula is C19H23ClN2O2S. The second-order valence-corrected chi connectivity index (χ2v) is 7.91. The zero-order valence-corrected chi connectivity index (χ0v) is 16.1. The van der Waals surface area contributed by atoms with Crippen LogP contribution in [0.3, 0.4) is 0 Å². The lowest BCUT2D eigenvalue weighted by atomic mass is 10.0. The molecule has 25 heavy (non-hydrogen) atoms. The third-order valence-electron chi connectivity index (χ3n) is 4.60. The van der Waals surface area contributed by atoms with Gasteiger partial charge in [-0.2, -0.15) is 0 Å². The standard InChI is InChI=1S/C19H23ClN2O2S/c1-13-11-18(25-14(13)2)19(23)21-12-17(22-7-9-24-10-8-22)15-5-3-4-6-16(15)20/h3-6,11,17H,7-10,12H2,1-2H3,(H,21,23). The van der Waals surface area contributed by atoms with E-state index in [-0.39, 0.29) is 11.9 Å². The minimum atomic E-state index is -0.0217. The van der Waals surface area contributed by atoms with Crippen LogP contribution in [0.5, 0.6) is 0 Å². The Labute approximate surface area is 157 Å². The number of benzene rings is 1. The van der Waals surface area contributed by atoms with Gasteiger partial charge in [0.2, 0.25) is 0 Å². The van der Waals surface area contributed by atoms with Crippen molar-refractivity contribution in [3.8, 4) is 0 Å². The fourth-order valence-electron chi connectivity index (χ4n) is 3.03. The van der Waals surface area contributed by atoms with Crippen LogP contribution in [-0.2, 0) is 4.74 Å². The summed E-state index contributed by atoms with van der Waals surface area (Å²) in [6.45, 7) is 7.68. The Kier molecular flexibility index (Phi) is 6.12. The number of morpholine rings is 1. The Morgan fingerprint density at radius 3 is 2.68 bits per heavy atom. The Bertz CT molecular complexity index is 721. The van der Waals surface area contributed by atoms with Crippen LogP contribution in [0.4, 0.5) is 0 Å². The number of thiophene rings is 1. The van der Waals surface area contributed by atoms with Crippen molar-refractivity contribution in [2.75, 3.05) is 32.8 Å². The first kappa shape index (κ1) is 18.4. The third-order valence-corrected chi connectivity index (χ3v) is 6.09. The molecule has 1 amide bonds. The molecule has 1 aromatic carbocycles. The molecule has 1 N–H and O–H groups in total. The van der Waals surface area contributed by atoms with Gasteiger partial charge < -0.3 is 10.1 Å². The van der Waals surface area contributed by atoms with Crippen LogP contribution in [-0.4, -0.2) is 43.7 Å². The molecule has 134 valence electrons. The quantitative estimate of drug-likeness (QED) is 0.859. The van der Waals surface area contributed by atoms with E-state index >= 15 is 0 Å². The van der Waals surface area contributed by atoms with E-state index in [0.29, 0.717) is 19.8 Å². The van der Waals surface area contributed by atoms with Gasteiger partial charge in [-0.3, -0.25) is 9.69 Å². The van der Waals surface area contributed by atoms with Gasteiger partial charge in [0.05, 0.1) is 24.1 Å². The number of hydrogen-bond donors (Lipinski definition) is 1. The molecule has 4 nitrogen and oxygen atoms in total. The lowest BCUT2D eigenvalue weighted by Gasteiger charge is -2.35. The fraction of sp³-hybridized carbons (Fsp3) is 0.421. The van der Waals surface area contributed by atoms with Crippen LogP contribution in [0.1, 0.15) is 31.7 Å². The van der Waals surface area contributed by atoms with E-state index in [9.17, 15) is 4.79 Å². The first-order valence-corrected chi connectivity index (χ1v) is 9.67. The SMILES string of the molecule is Cc1cc(C(=O)NCC(c2ccccc2Cl)N2CCOCC2)sc1C. The van der Waals surface area contributed by atoms with Crippen LogP contribution in [0.2, 0.25) is 5.02 Å². The Balaban J connectivity index is 1.75. The van der Waals surface area contributed by atoms with E-state index in [1.807, 2.05) is 44.2 Å². The highest BCUT2D eigenvalue weighted by Gasteiger charge is 2.25. The molecule has 1 aromatic heterocycles. The van der Waals surface area contributed by atoms with Crippen molar-refractivity contribution in [3.63, 3.8) is 0 Å². The summed E-state index contributed by atoms with van der Waals surface area (Å²) in [4.78, 5) is 16.8. The number of nitrogens with zero attached hydrogens (tertiary/aromatic N) is 1. The number of carbonyl (C=O) groups excluding carboxylic acids is 1. The summed E-state index contributed by atoms with van der Waals surface area (Å²) < 4.78 is 5.47. The average molecular weight is 379 g/mol. The van der Waals surface area contributed by atoms with Crippen molar-refractivity contribution >= 4 is 28.8 Å². The first-order valence-electron chi connectivity index (χ1n) is 8.47. The highest BCUT2D eigenvalue weighted by molar-refractivity contribution is 7.14. The summed E-state index contributed by atoms with van der Waals surface area (Å²) in [6, 6.07) is 9.85. The summed E-state index contributed by atoms with van der Waals surface area (Å²) in [6.07, 6.45) is 0. The molecule has 0 aliphatic carbocycles. The molecule has 1 fully saturated rings. The van der Waals surface area contributed by atoms with E-state index in [4.69, 9.17) is 16.3 Å². The molecule has 1 saturated heterocycles. The maximum absolute atomic E-state index is 12.5. The van der Waals surface area contributed by atoms with Gasteiger partial charge in [0.25, 0.3) is 5.91 Å². The van der Waals surface area contributed by atoms with Gasteiger partial charge in [-0.25, -0.2) is 0 Å². The summed E-state index contributed by atoms with van der Waals surface area (Å²) in [5.41, 5.74) is 2.20. The first-order chi connectivity index (χ1) is 12.1. The molecule has 0 spiro atoms. The average Bonchev–Trinajstić information content (AvgIpc) is 2.96. The smallest absolute Gasteiger partial charge is 0.261 e. The monoisotopic (exact) mass is 378 g/mol. The van der Waals surface area contributed by atoms with Crippen molar-refractivity contribution in [2.45, 2.75) is 19.9 Å². The van der Waals surface area contributed by atoms with Gasteiger partial charge in [0, 0.05) is 29.5 Å². The van der Waals surface area contributed by atoms with Crippen LogP contribution in [0.15, 0.2) is 30.3 Å². The molecule has 0 radical (unpaired) electrons. The number of carbonyl (C=O) groups is 1. The highest BCUT2D eigenvalue weighted by atomic mass is 35.5. The largest absolute Gasteiger partial charge is 0.379 e. The summed E-state index contributed by atoms with van der Waals surface area (Å²) in [5.74, 6) is -0.0217. The van der Waals surface area contributed by atoms with E-state index < -0.39 is 0 Å². The molecule has 1 aliphatic rings. The topological polar surface area (TPSA) is 41.6 Å². The van der Waals surface area contributed by atoms with Crippen LogP contribution < -0.4 is 5.32 Å². The molecule has 1 atom stereocenters. The molecule has 2 heterocycles. The molecule has 3 rings (SSSR count). The van der Waals surface area contributed by atoms with Gasteiger partial charge >= 0.3 is 0 Å². The molecule has 6 heteroatoms. The Hall–Kier alpha value is -1.40. The second kappa shape index (κ2) is 8.32. The van der Waals surface area contributed by atoms with Gasteiger partial charge in [-0.15, -0.1) is 11.3 Å². The second-order valence-electron chi connectivity index (χ2n) is 6.25. The van der Waals surface area contributed by atoms with Gasteiger partial charge in [0.15, 0.2) is 0 Å². The maximum atomic E-state index is 12.5. The summed E-state index contributed by atoms with van der Waals surface area (Å²) in [7, 11) is 0. The van der Waals surface area contributed by atoms with Crippen molar-refractivity contribution < 1.29 is 9.53 Å². The number of ether oxygens (including phenoxy) is 1. The Morgan fingerprint density at radius 2 is 2.04 bits per heavy atom. The molecule has 0 saturated carbocycles. The molecule has 2 aromatic rings. The van der Waals surface area contributed by atoms with Crippen LogP contribution in [0.25, 0.3) is 0 Å². The predicted molar refractivity (Wildman–Crippen MR) is 103 cm³/mol. The fourth-order valence-corrected chi connectivity index (χ4v) is 4.24. The third kappa shape index (κ3) is 4.42. The highest BCUT2D eigenvalue weighted by Crippen LogP contribution is 2.28. The normalized spacial score (nSPS) is 16.6.